The van der Waals surface area contributed by atoms with Gasteiger partial charge in [-0.15, -0.1) is 24.7 Å². The number of rotatable bonds is 14. The third kappa shape index (κ3) is 15.4. The van der Waals surface area contributed by atoms with Crippen LogP contribution in [0.2, 0.25) is 0 Å². The standard InChI is InChI=1S/C22H27FN4O4.C16H21FN4O3.C6H8O2/c1-3-4-5-6-21(29)26-11-9-25(10-12-26)20-8-7-17(13-19(20)23)27-15-18(31-22(27)30)14-24-16(2)28;1-11(22)19-9-13-10-21(16(23)24-13)12-2-3-15(14(17)8-12)20-6-4-18-5-7-20;1-2-3-4-5-6(7)8/h1,7-8,13,18H,4-6,9-12,14-15H2,2H3,(H,24,28);2-3,8,13,18H,4-7,9-10H2,1H3,(H,19,22);1H,3-5H2,(H,7,8). The van der Waals surface area contributed by atoms with E-state index in [1.54, 1.807) is 29.2 Å². The van der Waals surface area contributed by atoms with Gasteiger partial charge >= 0.3 is 18.2 Å². The zero-order valence-electron chi connectivity index (χ0n) is 35.7. The topological polar surface area (TPSA) is 193 Å². The molecular weight excluding hydrogens is 823 g/mol. The van der Waals surface area contributed by atoms with Crippen molar-refractivity contribution in [3.05, 3.63) is 48.0 Å². The summed E-state index contributed by atoms with van der Waals surface area (Å²) >= 11 is 0. The molecule has 5 amide bonds. The van der Waals surface area contributed by atoms with Crippen molar-refractivity contribution < 1.29 is 52.1 Å². The summed E-state index contributed by atoms with van der Waals surface area (Å²) in [6.45, 7) is 9.03. The number of hydrogen-bond donors (Lipinski definition) is 4. The van der Waals surface area contributed by atoms with E-state index < -0.39 is 36.2 Å². The van der Waals surface area contributed by atoms with Gasteiger partial charge in [0.25, 0.3) is 0 Å². The lowest BCUT2D eigenvalue weighted by atomic mass is 10.2. The van der Waals surface area contributed by atoms with Gasteiger partial charge in [0.05, 0.1) is 48.9 Å². The van der Waals surface area contributed by atoms with Crippen molar-refractivity contribution in [2.75, 3.05) is 98.1 Å². The number of halogens is 2. The third-order valence-corrected chi connectivity index (χ3v) is 10.2. The first kappa shape index (κ1) is 49.1. The van der Waals surface area contributed by atoms with E-state index in [-0.39, 0.29) is 56.1 Å². The molecule has 0 spiro atoms. The molecule has 0 radical (unpaired) electrons. The molecule has 4 fully saturated rings. The number of aliphatic carboxylic acids is 1. The minimum Gasteiger partial charge on any atom is -0.481 e. The number of amides is 5. The van der Waals surface area contributed by atoms with Gasteiger partial charge in [-0.3, -0.25) is 29.0 Å². The summed E-state index contributed by atoms with van der Waals surface area (Å²) in [6, 6.07) is 9.42. The maximum Gasteiger partial charge on any atom is 0.414 e. The summed E-state index contributed by atoms with van der Waals surface area (Å²) in [5, 5.41) is 16.5. The largest absolute Gasteiger partial charge is 0.481 e. The van der Waals surface area contributed by atoms with Crippen LogP contribution in [0.4, 0.5) is 41.1 Å². The zero-order valence-corrected chi connectivity index (χ0v) is 35.7. The summed E-state index contributed by atoms with van der Waals surface area (Å²) in [6.07, 6.45) is 11.1. The van der Waals surface area contributed by atoms with Crippen molar-refractivity contribution in [3.63, 3.8) is 0 Å². The van der Waals surface area contributed by atoms with Gasteiger partial charge in [0.15, 0.2) is 0 Å². The van der Waals surface area contributed by atoms with Crippen molar-refractivity contribution in [2.24, 2.45) is 0 Å². The minimum atomic E-state index is -0.778. The molecular formula is C44H56F2N8O9. The lowest BCUT2D eigenvalue weighted by molar-refractivity contribution is -0.137. The van der Waals surface area contributed by atoms with Gasteiger partial charge in [0.1, 0.15) is 23.8 Å². The molecule has 2 aromatic rings. The molecule has 4 heterocycles. The van der Waals surface area contributed by atoms with Crippen molar-refractivity contribution >= 4 is 58.6 Å². The lowest BCUT2D eigenvalue weighted by Crippen LogP contribution is -2.49. The molecule has 4 saturated heterocycles. The number of benzene rings is 2. The highest BCUT2D eigenvalue weighted by Gasteiger charge is 2.34. The first-order valence-electron chi connectivity index (χ1n) is 20.8. The van der Waals surface area contributed by atoms with E-state index in [1.165, 1.54) is 35.8 Å². The first-order valence-corrected chi connectivity index (χ1v) is 20.8. The Morgan fingerprint density at radius 3 is 1.59 bits per heavy atom. The summed E-state index contributed by atoms with van der Waals surface area (Å²) in [7, 11) is 0. The van der Waals surface area contributed by atoms with Gasteiger partial charge in [0, 0.05) is 91.9 Å². The summed E-state index contributed by atoms with van der Waals surface area (Å²) in [5.74, 6) is 3.00. The van der Waals surface area contributed by atoms with E-state index in [4.69, 9.17) is 27.4 Å². The molecule has 4 N–H and O–H groups in total. The number of piperazine rings is 2. The highest BCUT2D eigenvalue weighted by molar-refractivity contribution is 5.91. The summed E-state index contributed by atoms with van der Waals surface area (Å²) < 4.78 is 39.7. The fraction of sp³-hybridized carbons (Fsp3) is 0.500. The van der Waals surface area contributed by atoms with Gasteiger partial charge in [-0.1, -0.05) is 0 Å². The number of terminal acetylenes is 2. The number of unbranched alkanes of at least 4 members (excludes halogenated alkanes) is 2. The number of hydrogen-bond acceptors (Lipinski definition) is 11. The van der Waals surface area contributed by atoms with Crippen LogP contribution in [0.3, 0.4) is 0 Å². The molecule has 0 bridgehead atoms. The van der Waals surface area contributed by atoms with Crippen molar-refractivity contribution in [1.82, 2.24) is 20.9 Å². The molecule has 340 valence electrons. The molecule has 19 heteroatoms. The molecule has 2 aromatic carbocycles. The Morgan fingerprint density at radius 1 is 0.730 bits per heavy atom. The summed E-state index contributed by atoms with van der Waals surface area (Å²) in [5.41, 5.74) is 1.84. The molecule has 4 aliphatic heterocycles. The minimum absolute atomic E-state index is 0.0760. The van der Waals surface area contributed by atoms with Crippen LogP contribution in [-0.4, -0.2) is 137 Å². The lowest BCUT2D eigenvalue weighted by Gasteiger charge is -2.36. The molecule has 2 atom stereocenters. The number of cyclic esters (lactones) is 2. The SMILES string of the molecule is C#CCCCC(=O)N1CCN(c2ccc(N3CC(CNC(C)=O)OC3=O)cc2F)CC1.C#CCCCC(=O)O.CC(=O)NCC1CN(c2ccc(N3CCNCC3)c(F)c2)C(=O)O1. The third-order valence-electron chi connectivity index (χ3n) is 10.2. The average Bonchev–Trinajstić information content (AvgIpc) is 3.84. The Morgan fingerprint density at radius 2 is 1.17 bits per heavy atom. The maximum absolute atomic E-state index is 14.9. The van der Waals surface area contributed by atoms with Crippen molar-refractivity contribution in [3.8, 4) is 24.7 Å². The quantitative estimate of drug-likeness (QED) is 0.160. The molecule has 63 heavy (non-hydrogen) atoms. The molecule has 6 rings (SSSR count). The van der Waals surface area contributed by atoms with Crippen LogP contribution in [0, 0.1) is 36.3 Å². The number of carboxylic acids is 1. The predicted octanol–water partition coefficient (Wildman–Crippen LogP) is 3.31. The monoisotopic (exact) mass is 878 g/mol. The highest BCUT2D eigenvalue weighted by atomic mass is 19.1. The Hall–Kier alpha value is -6.60. The normalized spacial score (nSPS) is 18.1. The van der Waals surface area contributed by atoms with E-state index in [9.17, 15) is 37.5 Å². The number of nitrogens with one attached hydrogen (secondary N) is 3. The number of carboxylic acid groups (broad SMARTS) is 1. The Balaban J connectivity index is 0.000000241. The van der Waals surface area contributed by atoms with Crippen LogP contribution in [0.25, 0.3) is 0 Å². The Bertz CT molecular complexity index is 2010. The second-order valence-corrected chi connectivity index (χ2v) is 15.0. The van der Waals surface area contributed by atoms with Crippen molar-refractivity contribution in [2.45, 2.75) is 64.6 Å². The molecule has 2 unspecified atom stereocenters. The van der Waals surface area contributed by atoms with Gasteiger partial charge in [-0.25, -0.2) is 18.4 Å². The molecule has 4 aliphatic rings. The maximum atomic E-state index is 14.9. The average molecular weight is 879 g/mol. The van der Waals surface area contributed by atoms with E-state index in [0.29, 0.717) is 81.0 Å². The Kier molecular flexibility index (Phi) is 19.3. The van der Waals surface area contributed by atoms with Gasteiger partial charge < -0.3 is 45.2 Å². The number of ether oxygens (including phenoxy) is 2. The van der Waals surface area contributed by atoms with Gasteiger partial charge in [-0.05, 0) is 49.2 Å². The van der Waals surface area contributed by atoms with Gasteiger partial charge in [-0.2, -0.15) is 0 Å². The highest BCUT2D eigenvalue weighted by Crippen LogP contribution is 2.30. The predicted molar refractivity (Wildman–Crippen MR) is 232 cm³/mol. The fourth-order valence-corrected chi connectivity index (χ4v) is 6.98. The molecule has 17 nitrogen and oxygen atoms in total. The van der Waals surface area contributed by atoms with Crippen LogP contribution in [-0.2, 0) is 28.7 Å². The van der Waals surface area contributed by atoms with Crippen LogP contribution in [0.1, 0.15) is 52.4 Å². The van der Waals surface area contributed by atoms with Crippen LogP contribution < -0.4 is 35.6 Å². The van der Waals surface area contributed by atoms with Crippen molar-refractivity contribution in [1.29, 1.82) is 0 Å². The molecule has 0 saturated carbocycles. The number of anilines is 4. The van der Waals surface area contributed by atoms with E-state index in [1.807, 2.05) is 9.80 Å². The van der Waals surface area contributed by atoms with E-state index in [2.05, 4.69) is 27.8 Å². The molecule has 0 aliphatic carbocycles. The number of nitrogens with zero attached hydrogens (tertiary/aromatic N) is 5. The van der Waals surface area contributed by atoms with Crippen LogP contribution >= 0.6 is 0 Å². The Labute approximate surface area is 366 Å². The van der Waals surface area contributed by atoms with Gasteiger partial charge in [0.2, 0.25) is 17.7 Å². The van der Waals surface area contributed by atoms with E-state index >= 15 is 0 Å². The second-order valence-electron chi connectivity index (χ2n) is 15.0. The number of carbonyl (C=O) groups excluding carboxylic acids is 5. The second kappa shape index (κ2) is 24.7. The van der Waals surface area contributed by atoms with E-state index in [0.717, 1.165) is 26.2 Å². The molecule has 0 aromatic heterocycles. The zero-order chi connectivity index (χ0) is 45.9. The van der Waals surface area contributed by atoms with Crippen LogP contribution in [0.5, 0.6) is 0 Å². The smallest absolute Gasteiger partial charge is 0.414 e. The first-order chi connectivity index (χ1) is 30.2. The van der Waals surface area contributed by atoms with Crippen LogP contribution in [0.15, 0.2) is 36.4 Å². The fourth-order valence-electron chi connectivity index (χ4n) is 6.98. The summed E-state index contributed by atoms with van der Waals surface area (Å²) in [4.78, 5) is 76.5. The number of carbonyl (C=O) groups is 6.